The normalized spacial score (nSPS) is 12.1. The van der Waals surface area contributed by atoms with E-state index in [9.17, 15) is 0 Å². The minimum Gasteiger partial charge on any atom is -0.201 e. The second-order valence-corrected chi connectivity index (χ2v) is 16.8. The van der Waals surface area contributed by atoms with Gasteiger partial charge >= 0.3 is 0 Å². The van der Waals surface area contributed by atoms with E-state index in [0.29, 0.717) is 0 Å². The molecule has 0 spiro atoms. The van der Waals surface area contributed by atoms with Gasteiger partial charge in [-0.1, -0.05) is 126 Å². The summed E-state index contributed by atoms with van der Waals surface area (Å²) in [5.74, 6) is 0. The van der Waals surface area contributed by atoms with Crippen molar-refractivity contribution in [2.45, 2.75) is 58.9 Å². The lowest BCUT2D eigenvalue weighted by Crippen LogP contribution is -2.32. The molecule has 3 aromatic heterocycles. The first-order valence-corrected chi connectivity index (χ1v) is 18.1. The minimum atomic E-state index is 0.0805. The van der Waals surface area contributed by atoms with Gasteiger partial charge in [-0.05, 0) is 79.6 Å². The molecule has 7 aromatic rings. The largest absolute Gasteiger partial charge is 0.201 e. The van der Waals surface area contributed by atoms with E-state index in [1.54, 1.807) is 0 Å². The molecular formula is C44H42NS2+. The highest BCUT2D eigenvalue weighted by Gasteiger charge is 2.20. The Balaban J connectivity index is 1.19. The lowest BCUT2D eigenvalue weighted by molar-refractivity contribution is -0.688. The van der Waals surface area contributed by atoms with Gasteiger partial charge in [0.15, 0.2) is 18.9 Å². The molecule has 4 aromatic carbocycles. The molecule has 1 nitrogen and oxygen atoms in total. The number of hydrogen-bond acceptors (Lipinski definition) is 2. The van der Waals surface area contributed by atoms with Crippen LogP contribution in [0.5, 0.6) is 0 Å². The lowest BCUT2D eigenvalue weighted by atomic mass is 9.83. The van der Waals surface area contributed by atoms with E-state index in [0.717, 1.165) is 6.54 Å². The molecule has 47 heavy (non-hydrogen) atoms. The van der Waals surface area contributed by atoms with Gasteiger partial charge in [0.25, 0.3) is 0 Å². The fraction of sp³-hybridized carbons (Fsp3) is 0.205. The number of hydrogen-bond donors (Lipinski definition) is 0. The molecule has 3 heterocycles. The van der Waals surface area contributed by atoms with E-state index < -0.39 is 0 Å². The van der Waals surface area contributed by atoms with Crippen molar-refractivity contribution in [2.24, 2.45) is 0 Å². The van der Waals surface area contributed by atoms with Crippen molar-refractivity contribution < 1.29 is 4.57 Å². The quantitative estimate of drug-likeness (QED) is 0.158. The third kappa shape index (κ3) is 6.74. The molecule has 0 bridgehead atoms. The zero-order chi connectivity index (χ0) is 32.8. The van der Waals surface area contributed by atoms with Gasteiger partial charge in [0.2, 0.25) is 0 Å². The number of rotatable bonds is 6. The molecular weight excluding hydrogens is 607 g/mol. The van der Waals surface area contributed by atoms with Crippen LogP contribution in [-0.2, 0) is 17.4 Å². The first kappa shape index (κ1) is 31.3. The van der Waals surface area contributed by atoms with Gasteiger partial charge in [0.1, 0.15) is 0 Å². The van der Waals surface area contributed by atoms with Crippen LogP contribution in [0.2, 0.25) is 0 Å². The Hall–Kier alpha value is -4.31. The number of pyridine rings is 1. The summed E-state index contributed by atoms with van der Waals surface area (Å²) < 4.78 is 4.93. The fourth-order valence-electron chi connectivity index (χ4n) is 6.13. The number of benzene rings is 4. The number of nitrogens with zero attached hydrogens (tertiary/aromatic N) is 1. The van der Waals surface area contributed by atoms with Crippen molar-refractivity contribution in [3.05, 3.63) is 150 Å². The Morgan fingerprint density at radius 3 is 1.77 bits per heavy atom. The van der Waals surface area contributed by atoms with Crippen LogP contribution < -0.4 is 4.57 Å². The van der Waals surface area contributed by atoms with Crippen LogP contribution in [0.3, 0.4) is 0 Å². The van der Waals surface area contributed by atoms with Crippen LogP contribution in [0.1, 0.15) is 58.2 Å². The van der Waals surface area contributed by atoms with Crippen LogP contribution in [-0.4, -0.2) is 0 Å². The Labute approximate surface area is 287 Å². The Morgan fingerprint density at radius 1 is 0.468 bits per heavy atom. The summed E-state index contributed by atoms with van der Waals surface area (Å²) in [6, 6.07) is 45.1. The van der Waals surface area contributed by atoms with E-state index in [2.05, 4.69) is 180 Å². The topological polar surface area (TPSA) is 3.88 Å². The van der Waals surface area contributed by atoms with Crippen LogP contribution in [0, 0.1) is 0 Å². The maximum absolute atomic E-state index is 2.43. The van der Waals surface area contributed by atoms with Crippen LogP contribution in [0.25, 0.3) is 52.5 Å². The van der Waals surface area contributed by atoms with Gasteiger partial charge in [-0.25, -0.2) is 4.57 Å². The molecule has 0 aliphatic rings. The molecule has 3 heteroatoms. The molecule has 0 aliphatic carbocycles. The van der Waals surface area contributed by atoms with E-state index in [4.69, 9.17) is 0 Å². The Kier molecular flexibility index (Phi) is 8.24. The van der Waals surface area contributed by atoms with Gasteiger partial charge in [0.05, 0.1) is 0 Å². The summed E-state index contributed by atoms with van der Waals surface area (Å²) in [7, 11) is 0. The third-order valence-electron chi connectivity index (χ3n) is 9.00. The van der Waals surface area contributed by atoms with Crippen LogP contribution in [0.4, 0.5) is 0 Å². The highest BCUT2D eigenvalue weighted by molar-refractivity contribution is 7.31. The summed E-state index contributed by atoms with van der Waals surface area (Å²) in [5, 5.41) is 0. The van der Waals surface area contributed by atoms with Crippen molar-refractivity contribution in [2.75, 3.05) is 0 Å². The predicted octanol–water partition coefficient (Wildman–Crippen LogP) is 12.6. The van der Waals surface area contributed by atoms with Crippen molar-refractivity contribution >= 4 is 32.1 Å². The number of thiophene rings is 2. The summed E-state index contributed by atoms with van der Waals surface area (Å²) in [6.45, 7) is 14.6. The molecule has 0 saturated carbocycles. The van der Waals surface area contributed by atoms with Crippen molar-refractivity contribution in [3.63, 3.8) is 0 Å². The smallest absolute Gasteiger partial charge is 0.173 e. The van der Waals surface area contributed by atoms with Gasteiger partial charge < -0.3 is 0 Å². The Bertz CT molecular complexity index is 2120. The van der Waals surface area contributed by atoms with Gasteiger partial charge in [-0.15, -0.1) is 22.7 Å². The summed E-state index contributed by atoms with van der Waals surface area (Å²) >= 11 is 3.81. The maximum Gasteiger partial charge on any atom is 0.173 e. The summed E-state index contributed by atoms with van der Waals surface area (Å²) in [5.41, 5.74) is 11.9. The highest BCUT2D eigenvalue weighted by Crippen LogP contribution is 2.45. The molecule has 0 N–H and O–H groups in total. The molecule has 0 amide bonds. The van der Waals surface area contributed by atoms with E-state index in [-0.39, 0.29) is 10.8 Å². The monoisotopic (exact) mass is 648 g/mol. The van der Waals surface area contributed by atoms with Gasteiger partial charge in [0, 0.05) is 36.9 Å². The third-order valence-corrected chi connectivity index (χ3v) is 11.4. The lowest BCUT2D eigenvalue weighted by Gasteiger charge is -2.22. The van der Waals surface area contributed by atoms with Crippen molar-refractivity contribution in [3.8, 4) is 43.1 Å². The zero-order valence-electron chi connectivity index (χ0n) is 28.2. The summed E-state index contributed by atoms with van der Waals surface area (Å²) in [4.78, 5) is 2.65. The molecule has 0 fully saturated rings. The first-order valence-electron chi connectivity index (χ1n) is 16.4. The zero-order valence-corrected chi connectivity index (χ0v) is 29.8. The van der Waals surface area contributed by atoms with Crippen molar-refractivity contribution in [1.29, 1.82) is 0 Å². The summed E-state index contributed by atoms with van der Waals surface area (Å²) in [6.07, 6.45) is 4.36. The second kappa shape index (κ2) is 12.4. The molecule has 0 saturated heterocycles. The average molecular weight is 649 g/mol. The van der Waals surface area contributed by atoms with E-state index in [1.165, 1.54) is 69.2 Å². The van der Waals surface area contributed by atoms with Crippen LogP contribution >= 0.6 is 22.7 Å². The second-order valence-electron chi connectivity index (χ2n) is 14.6. The average Bonchev–Trinajstić information content (AvgIpc) is 3.65. The highest BCUT2D eigenvalue weighted by atomic mass is 32.1. The molecule has 0 atom stereocenters. The van der Waals surface area contributed by atoms with Crippen LogP contribution in [0.15, 0.2) is 134 Å². The van der Waals surface area contributed by atoms with Gasteiger partial charge in [-0.3, -0.25) is 0 Å². The maximum atomic E-state index is 2.43. The van der Waals surface area contributed by atoms with E-state index in [1.807, 2.05) is 22.7 Å². The molecule has 234 valence electrons. The standard InChI is InChI=1S/C44H42NS2/c1-43(2,3)35-17-15-32(16-18-35)37-20-19-36(44(4,5)6)26-38(37)40-28-42-41(47-40)27-39(46-42)34-14-10-13-33(25-34)31-21-23-45(24-22-31)29-30-11-8-7-9-12-30/h7-28H,29H2,1-6H3/q+1. The molecule has 0 radical (unpaired) electrons. The van der Waals surface area contributed by atoms with E-state index >= 15 is 0 Å². The Morgan fingerprint density at radius 2 is 1.09 bits per heavy atom. The minimum absolute atomic E-state index is 0.0805. The molecule has 0 unspecified atom stereocenters. The van der Waals surface area contributed by atoms with Gasteiger partial charge in [-0.2, -0.15) is 0 Å². The number of fused-ring (bicyclic) bond motifs is 1. The molecule has 0 aliphatic heterocycles. The SMILES string of the molecule is CC(C)(C)c1ccc(-c2ccc(C(C)(C)C)cc2-c2cc3sc(-c4cccc(-c5cc[n+](Cc6ccccc6)cc5)c4)cc3s2)cc1. The fourth-order valence-corrected chi connectivity index (χ4v) is 8.55. The predicted molar refractivity (Wildman–Crippen MR) is 205 cm³/mol. The number of aromatic nitrogens is 1. The van der Waals surface area contributed by atoms with Crippen molar-refractivity contribution in [1.82, 2.24) is 0 Å². The molecule has 7 rings (SSSR count). The first-order chi connectivity index (χ1) is 22.5.